The molecule has 0 bridgehead atoms. The maximum Gasteiger partial charge on any atom is 0.253 e. The van der Waals surface area contributed by atoms with E-state index in [2.05, 4.69) is 5.32 Å². The van der Waals surface area contributed by atoms with Crippen LogP contribution in [0.1, 0.15) is 12.8 Å². The van der Waals surface area contributed by atoms with Crippen LogP contribution in [0.2, 0.25) is 0 Å². The molecule has 0 saturated carbocycles. The van der Waals surface area contributed by atoms with Gasteiger partial charge in [-0.3, -0.25) is 29.5 Å². The average molecular weight is 783 g/mol. The van der Waals surface area contributed by atoms with E-state index in [9.17, 15) is 19.2 Å². The second kappa shape index (κ2) is 38.6. The van der Waals surface area contributed by atoms with Crippen LogP contribution in [0.5, 0.6) is 0 Å². The van der Waals surface area contributed by atoms with E-state index in [0.717, 1.165) is 4.90 Å². The molecule has 20 nitrogen and oxygen atoms in total. The van der Waals surface area contributed by atoms with E-state index >= 15 is 0 Å². The summed E-state index contributed by atoms with van der Waals surface area (Å²) in [6.45, 7) is 11.0. The number of ether oxygens (including phenoxy) is 12. The van der Waals surface area contributed by atoms with Gasteiger partial charge >= 0.3 is 0 Å². The van der Waals surface area contributed by atoms with Gasteiger partial charge in [0.1, 0.15) is 0 Å². The van der Waals surface area contributed by atoms with E-state index in [-0.39, 0.29) is 31.2 Å². The fourth-order valence-corrected chi connectivity index (χ4v) is 3.97. The van der Waals surface area contributed by atoms with Gasteiger partial charge in [0.05, 0.1) is 165 Å². The molecule has 4 N–H and O–H groups in total. The van der Waals surface area contributed by atoms with Crippen molar-refractivity contribution in [1.82, 2.24) is 15.6 Å². The Balaban J connectivity index is 1.64. The van der Waals surface area contributed by atoms with Crippen molar-refractivity contribution in [2.75, 3.05) is 172 Å². The second-order valence-corrected chi connectivity index (χ2v) is 10.9. The predicted molar refractivity (Wildman–Crippen MR) is 190 cm³/mol. The maximum atomic E-state index is 11.8. The third-order valence-corrected chi connectivity index (χ3v) is 6.76. The van der Waals surface area contributed by atoms with Gasteiger partial charge in [-0.05, 0) is 0 Å². The average Bonchev–Trinajstić information content (AvgIpc) is 3.50. The highest BCUT2D eigenvalue weighted by Gasteiger charge is 2.23. The van der Waals surface area contributed by atoms with E-state index < -0.39 is 11.8 Å². The first-order valence-electron chi connectivity index (χ1n) is 18.3. The minimum Gasteiger partial charge on any atom is -0.379 e. The van der Waals surface area contributed by atoms with Crippen molar-refractivity contribution in [3.8, 4) is 0 Å². The third kappa shape index (κ3) is 32.7. The fraction of sp³-hybridized carbons (Fsp3) is 0.824. The Hall–Kier alpha value is -2.70. The lowest BCUT2D eigenvalue weighted by molar-refractivity contribution is -0.137. The van der Waals surface area contributed by atoms with Gasteiger partial charge in [0.15, 0.2) is 0 Å². The number of imide groups is 1. The van der Waals surface area contributed by atoms with E-state index in [1.807, 2.05) is 5.43 Å². The third-order valence-electron chi connectivity index (χ3n) is 6.76. The highest BCUT2D eigenvalue weighted by atomic mass is 16.6. The summed E-state index contributed by atoms with van der Waals surface area (Å²) in [5.41, 5.74) is 2.04. The van der Waals surface area contributed by atoms with Crippen LogP contribution in [0.3, 0.4) is 0 Å². The van der Waals surface area contributed by atoms with Crippen molar-refractivity contribution in [3.05, 3.63) is 12.2 Å². The summed E-state index contributed by atoms with van der Waals surface area (Å²) < 4.78 is 65.1. The summed E-state index contributed by atoms with van der Waals surface area (Å²) >= 11 is 0. The highest BCUT2D eigenvalue weighted by Crippen LogP contribution is 2.04. The number of nitrogens with one attached hydrogen (secondary N) is 2. The number of rotatable bonds is 42. The topological polar surface area (TPSA) is 232 Å². The molecule has 0 saturated heterocycles. The van der Waals surface area contributed by atoms with Gasteiger partial charge in [0, 0.05) is 31.7 Å². The van der Waals surface area contributed by atoms with Gasteiger partial charge in [0.25, 0.3) is 11.8 Å². The standard InChI is InChI=1S/C34H62N4O16/c35-37-32(40)4-7-43-9-11-45-13-15-47-17-19-49-21-23-51-25-27-53-29-30-54-28-26-52-24-22-50-20-18-48-16-14-46-12-10-44-8-5-36-31(39)3-6-38-33(41)1-2-34(38)42/h1-2H,3-30,35H2,(H,36,39)(H,37,40). The summed E-state index contributed by atoms with van der Waals surface area (Å²) in [6.07, 6.45) is 2.65. The van der Waals surface area contributed by atoms with Gasteiger partial charge < -0.3 is 62.2 Å². The molecular formula is C34H62N4O16. The summed E-state index contributed by atoms with van der Waals surface area (Å²) in [5, 5.41) is 2.68. The van der Waals surface area contributed by atoms with Crippen molar-refractivity contribution >= 4 is 23.6 Å². The monoisotopic (exact) mass is 782 g/mol. The largest absolute Gasteiger partial charge is 0.379 e. The Bertz CT molecular complexity index is 947. The predicted octanol–water partition coefficient (Wildman–Crippen LogP) is -2.00. The minimum atomic E-state index is -0.401. The SMILES string of the molecule is NNC(=O)CCOCCOCCOCCOCCOCCOCCOCCOCCOCCOCCOCCOCCNC(=O)CCN1C(=O)C=CC1=O. The van der Waals surface area contributed by atoms with Crippen LogP contribution in [0.4, 0.5) is 0 Å². The Morgan fingerprint density at radius 1 is 0.426 bits per heavy atom. The van der Waals surface area contributed by atoms with Crippen LogP contribution in [-0.2, 0) is 76.0 Å². The summed E-state index contributed by atoms with van der Waals surface area (Å²) in [7, 11) is 0. The van der Waals surface area contributed by atoms with Crippen LogP contribution in [0, 0.1) is 0 Å². The minimum absolute atomic E-state index is 0.0480. The van der Waals surface area contributed by atoms with E-state index in [4.69, 9.17) is 62.7 Å². The molecule has 0 radical (unpaired) electrons. The molecule has 54 heavy (non-hydrogen) atoms. The van der Waals surface area contributed by atoms with Crippen molar-refractivity contribution in [2.45, 2.75) is 12.8 Å². The molecule has 0 spiro atoms. The number of carbonyl (C=O) groups excluding carboxylic acids is 4. The van der Waals surface area contributed by atoms with Crippen LogP contribution in [0.25, 0.3) is 0 Å². The molecule has 0 unspecified atom stereocenters. The normalized spacial score (nSPS) is 12.6. The zero-order chi connectivity index (χ0) is 39.0. The summed E-state index contributed by atoms with van der Waals surface area (Å²) in [5.74, 6) is 3.65. The van der Waals surface area contributed by atoms with Crippen LogP contribution < -0.4 is 16.6 Å². The molecule has 1 rings (SSSR count). The molecule has 0 aromatic heterocycles. The van der Waals surface area contributed by atoms with Gasteiger partial charge in [-0.25, -0.2) is 5.84 Å². The Labute approximate surface area is 317 Å². The highest BCUT2D eigenvalue weighted by molar-refractivity contribution is 6.13. The molecule has 1 heterocycles. The zero-order valence-electron chi connectivity index (χ0n) is 31.5. The first-order chi connectivity index (χ1) is 26.5. The quantitative estimate of drug-likeness (QED) is 0.0200. The summed E-state index contributed by atoms with van der Waals surface area (Å²) in [6, 6.07) is 0. The Kier molecular flexibility index (Phi) is 35.2. The molecule has 0 fully saturated rings. The van der Waals surface area contributed by atoms with Crippen molar-refractivity contribution in [1.29, 1.82) is 0 Å². The van der Waals surface area contributed by atoms with Gasteiger partial charge in [-0.2, -0.15) is 0 Å². The Morgan fingerprint density at radius 2 is 0.704 bits per heavy atom. The Morgan fingerprint density at radius 3 is 1.00 bits per heavy atom. The van der Waals surface area contributed by atoms with E-state index in [0.29, 0.717) is 165 Å². The van der Waals surface area contributed by atoms with E-state index in [1.54, 1.807) is 0 Å². The number of amides is 4. The molecule has 0 aromatic carbocycles. The molecule has 20 heteroatoms. The molecule has 0 aromatic rings. The molecular weight excluding hydrogens is 720 g/mol. The lowest BCUT2D eigenvalue weighted by Crippen LogP contribution is -2.35. The molecule has 0 aliphatic carbocycles. The van der Waals surface area contributed by atoms with Crippen molar-refractivity contribution in [3.63, 3.8) is 0 Å². The number of hydrazine groups is 1. The van der Waals surface area contributed by atoms with Crippen LogP contribution in [0.15, 0.2) is 12.2 Å². The number of nitrogens with zero attached hydrogens (tertiary/aromatic N) is 1. The van der Waals surface area contributed by atoms with Gasteiger partial charge in [0.2, 0.25) is 11.8 Å². The molecule has 0 atom stereocenters. The lowest BCUT2D eigenvalue weighted by atomic mass is 10.3. The number of carbonyl (C=O) groups is 4. The van der Waals surface area contributed by atoms with Crippen LogP contribution >= 0.6 is 0 Å². The maximum absolute atomic E-state index is 11.8. The van der Waals surface area contributed by atoms with E-state index in [1.165, 1.54) is 12.2 Å². The van der Waals surface area contributed by atoms with Gasteiger partial charge in [-0.1, -0.05) is 0 Å². The molecule has 314 valence electrons. The number of hydrogen-bond donors (Lipinski definition) is 3. The van der Waals surface area contributed by atoms with Crippen molar-refractivity contribution in [2.24, 2.45) is 5.84 Å². The smallest absolute Gasteiger partial charge is 0.253 e. The summed E-state index contributed by atoms with van der Waals surface area (Å²) in [4.78, 5) is 46.6. The van der Waals surface area contributed by atoms with Gasteiger partial charge in [-0.15, -0.1) is 0 Å². The number of nitrogens with two attached hydrogens (primary N) is 1. The zero-order valence-corrected chi connectivity index (χ0v) is 31.5. The lowest BCUT2D eigenvalue weighted by Gasteiger charge is -2.13. The first kappa shape index (κ1) is 49.3. The second-order valence-electron chi connectivity index (χ2n) is 10.9. The molecule has 1 aliphatic heterocycles. The number of hydrogen-bond acceptors (Lipinski definition) is 17. The molecule has 1 aliphatic rings. The molecule has 4 amide bonds. The fourth-order valence-electron chi connectivity index (χ4n) is 3.97. The van der Waals surface area contributed by atoms with Crippen molar-refractivity contribution < 1.29 is 76.0 Å². The first-order valence-corrected chi connectivity index (χ1v) is 18.3. The van der Waals surface area contributed by atoms with Crippen LogP contribution in [-0.4, -0.2) is 200 Å².